The lowest BCUT2D eigenvalue weighted by Crippen LogP contribution is -2.27. The van der Waals surface area contributed by atoms with Crippen molar-refractivity contribution in [2.75, 3.05) is 19.9 Å². The molecule has 116 valence electrons. The zero-order valence-electron chi connectivity index (χ0n) is 13.3. The molecule has 2 aromatic carbocycles. The van der Waals surface area contributed by atoms with E-state index in [0.29, 0.717) is 18.7 Å². The first-order chi connectivity index (χ1) is 10.5. The highest BCUT2D eigenvalue weighted by molar-refractivity contribution is 5.78. The summed E-state index contributed by atoms with van der Waals surface area (Å²) in [6.45, 7) is 2.58. The molecule has 0 unspecified atom stereocenters. The Hall–Kier alpha value is -2.49. The number of anilines is 1. The predicted octanol–water partition coefficient (Wildman–Crippen LogP) is 2.79. The van der Waals surface area contributed by atoms with Crippen molar-refractivity contribution in [2.45, 2.75) is 19.9 Å². The van der Waals surface area contributed by atoms with E-state index in [1.54, 1.807) is 12.0 Å². The highest BCUT2D eigenvalue weighted by atomic mass is 16.5. The van der Waals surface area contributed by atoms with Crippen molar-refractivity contribution >= 4 is 11.6 Å². The van der Waals surface area contributed by atoms with Gasteiger partial charge < -0.3 is 15.4 Å². The van der Waals surface area contributed by atoms with E-state index in [0.717, 1.165) is 22.4 Å². The first-order valence-electron chi connectivity index (χ1n) is 7.21. The summed E-state index contributed by atoms with van der Waals surface area (Å²) in [5.41, 5.74) is 9.49. The van der Waals surface area contributed by atoms with E-state index in [4.69, 9.17) is 10.5 Å². The van der Waals surface area contributed by atoms with Crippen molar-refractivity contribution in [2.24, 2.45) is 0 Å². The minimum Gasteiger partial charge on any atom is -0.496 e. The van der Waals surface area contributed by atoms with Crippen molar-refractivity contribution in [1.82, 2.24) is 4.90 Å². The highest BCUT2D eigenvalue weighted by Gasteiger charge is 2.11. The number of nitrogens with two attached hydrogens (primary N) is 1. The number of hydrogen-bond donors (Lipinski definition) is 1. The molecule has 0 atom stereocenters. The quantitative estimate of drug-likeness (QED) is 0.864. The van der Waals surface area contributed by atoms with Gasteiger partial charge in [-0.15, -0.1) is 0 Å². The Morgan fingerprint density at radius 1 is 1.14 bits per heavy atom. The number of aryl methyl sites for hydroxylation is 1. The number of rotatable bonds is 5. The van der Waals surface area contributed by atoms with Crippen LogP contribution in [0.15, 0.2) is 42.5 Å². The van der Waals surface area contributed by atoms with Gasteiger partial charge in [0.1, 0.15) is 5.75 Å². The van der Waals surface area contributed by atoms with Crippen LogP contribution < -0.4 is 10.5 Å². The Morgan fingerprint density at radius 3 is 2.36 bits per heavy atom. The van der Waals surface area contributed by atoms with Crippen LogP contribution in [0, 0.1) is 6.92 Å². The highest BCUT2D eigenvalue weighted by Crippen LogP contribution is 2.19. The molecule has 4 nitrogen and oxygen atoms in total. The van der Waals surface area contributed by atoms with E-state index < -0.39 is 0 Å². The molecule has 0 saturated carbocycles. The maximum Gasteiger partial charge on any atom is 0.227 e. The van der Waals surface area contributed by atoms with Gasteiger partial charge in [0.25, 0.3) is 0 Å². The molecule has 0 aliphatic heterocycles. The maximum atomic E-state index is 12.3. The van der Waals surface area contributed by atoms with Gasteiger partial charge >= 0.3 is 0 Å². The third-order valence-electron chi connectivity index (χ3n) is 3.64. The zero-order valence-corrected chi connectivity index (χ0v) is 13.3. The van der Waals surface area contributed by atoms with Gasteiger partial charge in [-0.1, -0.05) is 24.3 Å². The fourth-order valence-electron chi connectivity index (χ4n) is 2.35. The molecule has 4 heteroatoms. The zero-order chi connectivity index (χ0) is 16.1. The number of carbonyl (C=O) groups is 1. The lowest BCUT2D eigenvalue weighted by atomic mass is 10.1. The largest absolute Gasteiger partial charge is 0.496 e. The average molecular weight is 298 g/mol. The number of ether oxygens (including phenoxy) is 1. The van der Waals surface area contributed by atoms with Crippen LogP contribution in [0.2, 0.25) is 0 Å². The van der Waals surface area contributed by atoms with Crippen molar-refractivity contribution in [3.8, 4) is 5.75 Å². The summed E-state index contributed by atoms with van der Waals surface area (Å²) in [6.07, 6.45) is 0.381. The van der Waals surface area contributed by atoms with Gasteiger partial charge in [0.2, 0.25) is 5.91 Å². The van der Waals surface area contributed by atoms with Crippen LogP contribution in [0.3, 0.4) is 0 Å². The molecule has 1 amide bonds. The first kappa shape index (κ1) is 15.9. The standard InChI is InChI=1S/C18H22N2O2/c1-13-10-15(6-9-17(13)22-3)12-20(2)18(21)11-14-4-7-16(19)8-5-14/h4-10H,11-12,19H2,1-3H3. The second kappa shape index (κ2) is 6.98. The van der Waals surface area contributed by atoms with Crippen LogP contribution >= 0.6 is 0 Å². The fourth-order valence-corrected chi connectivity index (χ4v) is 2.35. The molecule has 2 rings (SSSR count). The Labute approximate surface area is 131 Å². The average Bonchev–Trinajstić information content (AvgIpc) is 2.49. The number of carbonyl (C=O) groups excluding carboxylic acids is 1. The summed E-state index contributed by atoms with van der Waals surface area (Å²) in [5, 5.41) is 0. The lowest BCUT2D eigenvalue weighted by Gasteiger charge is -2.18. The fraction of sp³-hybridized carbons (Fsp3) is 0.278. The molecule has 0 aliphatic carbocycles. The smallest absolute Gasteiger partial charge is 0.227 e. The number of hydrogen-bond acceptors (Lipinski definition) is 3. The van der Waals surface area contributed by atoms with Crippen LogP contribution in [0.25, 0.3) is 0 Å². The third-order valence-corrected chi connectivity index (χ3v) is 3.64. The summed E-state index contributed by atoms with van der Waals surface area (Å²) >= 11 is 0. The van der Waals surface area contributed by atoms with Crippen molar-refractivity contribution in [1.29, 1.82) is 0 Å². The molecule has 0 bridgehead atoms. The minimum atomic E-state index is 0.0817. The van der Waals surface area contributed by atoms with Gasteiger partial charge in [-0.2, -0.15) is 0 Å². The van der Waals surface area contributed by atoms with Gasteiger partial charge in [0.15, 0.2) is 0 Å². The van der Waals surface area contributed by atoms with Gasteiger partial charge in [0.05, 0.1) is 13.5 Å². The van der Waals surface area contributed by atoms with Crippen LogP contribution in [0.1, 0.15) is 16.7 Å². The Balaban J connectivity index is 1.99. The van der Waals surface area contributed by atoms with Crippen molar-refractivity contribution in [3.05, 3.63) is 59.2 Å². The SMILES string of the molecule is COc1ccc(CN(C)C(=O)Cc2ccc(N)cc2)cc1C. The number of likely N-dealkylation sites (N-methyl/N-ethyl adjacent to an activating group) is 1. The van der Waals surface area contributed by atoms with E-state index in [1.165, 1.54) is 0 Å². The van der Waals surface area contributed by atoms with Crippen LogP contribution in [0.5, 0.6) is 5.75 Å². The Kier molecular flexibility index (Phi) is 5.04. The second-order valence-electron chi connectivity index (χ2n) is 5.47. The molecule has 2 N–H and O–H groups in total. The van der Waals surface area contributed by atoms with Crippen molar-refractivity contribution in [3.63, 3.8) is 0 Å². The van der Waals surface area contributed by atoms with E-state index in [2.05, 4.69) is 0 Å². The molecular formula is C18H22N2O2. The van der Waals surface area contributed by atoms with E-state index in [-0.39, 0.29) is 5.91 Å². The molecule has 0 spiro atoms. The summed E-state index contributed by atoms with van der Waals surface area (Å²) in [7, 11) is 3.48. The summed E-state index contributed by atoms with van der Waals surface area (Å²) < 4.78 is 5.25. The monoisotopic (exact) mass is 298 g/mol. The van der Waals surface area contributed by atoms with E-state index >= 15 is 0 Å². The maximum absolute atomic E-state index is 12.3. The van der Waals surface area contributed by atoms with Crippen LogP contribution in [-0.2, 0) is 17.8 Å². The lowest BCUT2D eigenvalue weighted by molar-refractivity contribution is -0.129. The first-order valence-corrected chi connectivity index (χ1v) is 7.21. The minimum absolute atomic E-state index is 0.0817. The molecule has 0 fully saturated rings. The number of nitrogens with zero attached hydrogens (tertiary/aromatic N) is 1. The van der Waals surface area contributed by atoms with Gasteiger partial charge in [-0.25, -0.2) is 0 Å². The molecule has 0 aliphatic rings. The molecule has 0 saturated heterocycles. The summed E-state index contributed by atoms with van der Waals surface area (Å²) in [5.74, 6) is 0.942. The number of amides is 1. The van der Waals surface area contributed by atoms with E-state index in [9.17, 15) is 4.79 Å². The van der Waals surface area contributed by atoms with Gasteiger partial charge in [0, 0.05) is 19.3 Å². The molecule has 0 heterocycles. The molecule has 0 aromatic heterocycles. The summed E-state index contributed by atoms with van der Waals surface area (Å²) in [4.78, 5) is 14.0. The van der Waals surface area contributed by atoms with Gasteiger partial charge in [-0.05, 0) is 41.8 Å². The Morgan fingerprint density at radius 2 is 1.77 bits per heavy atom. The Bertz CT molecular complexity index is 651. The van der Waals surface area contributed by atoms with Gasteiger partial charge in [-0.3, -0.25) is 4.79 Å². The number of benzene rings is 2. The third kappa shape index (κ3) is 4.01. The predicted molar refractivity (Wildman–Crippen MR) is 88.8 cm³/mol. The summed E-state index contributed by atoms with van der Waals surface area (Å²) in [6, 6.07) is 13.4. The van der Waals surface area contributed by atoms with Crippen LogP contribution in [0.4, 0.5) is 5.69 Å². The number of nitrogen functional groups attached to an aromatic ring is 1. The molecular weight excluding hydrogens is 276 g/mol. The van der Waals surface area contributed by atoms with E-state index in [1.807, 2.05) is 56.4 Å². The normalized spacial score (nSPS) is 10.3. The molecule has 22 heavy (non-hydrogen) atoms. The molecule has 0 radical (unpaired) electrons. The van der Waals surface area contributed by atoms with Crippen LogP contribution in [-0.4, -0.2) is 25.0 Å². The van der Waals surface area contributed by atoms with Crippen molar-refractivity contribution < 1.29 is 9.53 Å². The molecule has 2 aromatic rings. The topological polar surface area (TPSA) is 55.6 Å². The number of methoxy groups -OCH3 is 1. The second-order valence-corrected chi connectivity index (χ2v) is 5.47.